The highest BCUT2D eigenvalue weighted by atomic mass is 16.5. The van der Waals surface area contributed by atoms with Crippen molar-refractivity contribution in [2.75, 3.05) is 20.2 Å². The molecule has 0 bridgehead atoms. The number of carboxylic acid groups (broad SMARTS) is 1. The Hall–Kier alpha value is -1.30. The number of ether oxygens (including phenoxy) is 1. The van der Waals surface area contributed by atoms with E-state index in [0.717, 1.165) is 32.2 Å². The van der Waals surface area contributed by atoms with E-state index in [2.05, 4.69) is 5.32 Å². The van der Waals surface area contributed by atoms with Gasteiger partial charge in [-0.3, -0.25) is 4.79 Å². The second-order valence-electron chi connectivity index (χ2n) is 6.40. The van der Waals surface area contributed by atoms with Gasteiger partial charge in [0.1, 0.15) is 0 Å². The molecule has 2 rings (SSSR count). The zero-order chi connectivity index (χ0) is 15.4. The van der Waals surface area contributed by atoms with E-state index in [9.17, 15) is 9.59 Å². The van der Waals surface area contributed by atoms with E-state index >= 15 is 0 Å². The Bertz CT molecular complexity index is 382. The molecule has 1 saturated heterocycles. The monoisotopic (exact) mass is 298 g/mol. The molecule has 2 atom stereocenters. The molecule has 120 valence electrons. The van der Waals surface area contributed by atoms with Gasteiger partial charge in [0.15, 0.2) is 0 Å². The number of hydrogen-bond acceptors (Lipinski definition) is 3. The molecule has 6 heteroatoms. The van der Waals surface area contributed by atoms with Gasteiger partial charge >= 0.3 is 12.0 Å². The van der Waals surface area contributed by atoms with Crippen LogP contribution in [-0.4, -0.2) is 54.4 Å². The summed E-state index contributed by atoms with van der Waals surface area (Å²) in [6.45, 7) is 3.40. The lowest BCUT2D eigenvalue weighted by atomic mass is 9.84. The highest BCUT2D eigenvalue weighted by molar-refractivity contribution is 5.74. The Labute approximate surface area is 125 Å². The maximum absolute atomic E-state index is 12.2. The van der Waals surface area contributed by atoms with E-state index in [0.29, 0.717) is 6.54 Å². The summed E-state index contributed by atoms with van der Waals surface area (Å²) in [4.78, 5) is 24.9. The molecular weight excluding hydrogens is 272 g/mol. The van der Waals surface area contributed by atoms with Crippen LogP contribution < -0.4 is 5.32 Å². The Morgan fingerprint density at radius 1 is 1.43 bits per heavy atom. The lowest BCUT2D eigenvalue weighted by molar-refractivity contribution is -0.138. The van der Waals surface area contributed by atoms with Crippen molar-refractivity contribution >= 4 is 12.0 Å². The number of methoxy groups -OCH3 is 1. The SMILES string of the molecule is COC1CC(NC(=O)N2CCCC(C(C)CC(=O)O)C2)C1. The molecule has 0 aromatic carbocycles. The maximum Gasteiger partial charge on any atom is 0.317 e. The van der Waals surface area contributed by atoms with Crippen LogP contribution in [0.5, 0.6) is 0 Å². The van der Waals surface area contributed by atoms with Crippen LogP contribution in [0.25, 0.3) is 0 Å². The van der Waals surface area contributed by atoms with E-state index in [1.54, 1.807) is 7.11 Å². The van der Waals surface area contributed by atoms with Gasteiger partial charge < -0.3 is 20.1 Å². The van der Waals surface area contributed by atoms with Gasteiger partial charge in [-0.1, -0.05) is 6.92 Å². The number of nitrogens with zero attached hydrogens (tertiary/aromatic N) is 1. The first-order valence-corrected chi connectivity index (χ1v) is 7.79. The molecule has 2 fully saturated rings. The van der Waals surface area contributed by atoms with Crippen molar-refractivity contribution in [3.05, 3.63) is 0 Å². The number of likely N-dealkylation sites (tertiary alicyclic amines) is 1. The summed E-state index contributed by atoms with van der Waals surface area (Å²) in [6, 6.07) is 0.209. The van der Waals surface area contributed by atoms with Gasteiger partial charge in [0, 0.05) is 32.7 Å². The number of nitrogens with one attached hydrogen (secondary N) is 1. The number of piperidine rings is 1. The van der Waals surface area contributed by atoms with Crippen LogP contribution in [0.15, 0.2) is 0 Å². The van der Waals surface area contributed by atoms with Crippen LogP contribution in [0, 0.1) is 11.8 Å². The number of urea groups is 1. The fourth-order valence-corrected chi connectivity index (χ4v) is 3.24. The van der Waals surface area contributed by atoms with Gasteiger partial charge in [-0.15, -0.1) is 0 Å². The van der Waals surface area contributed by atoms with Crippen LogP contribution >= 0.6 is 0 Å². The van der Waals surface area contributed by atoms with Crippen molar-refractivity contribution in [1.82, 2.24) is 10.2 Å². The zero-order valence-corrected chi connectivity index (χ0v) is 12.9. The zero-order valence-electron chi connectivity index (χ0n) is 12.9. The second-order valence-corrected chi connectivity index (χ2v) is 6.40. The summed E-state index contributed by atoms with van der Waals surface area (Å²) in [5.41, 5.74) is 0. The summed E-state index contributed by atoms with van der Waals surface area (Å²) in [6.07, 6.45) is 4.18. The van der Waals surface area contributed by atoms with Crippen molar-refractivity contribution in [2.24, 2.45) is 11.8 Å². The number of carboxylic acids is 1. The van der Waals surface area contributed by atoms with Crippen LogP contribution in [0.2, 0.25) is 0 Å². The molecule has 0 radical (unpaired) electrons. The van der Waals surface area contributed by atoms with E-state index in [1.807, 2.05) is 11.8 Å². The predicted octanol–water partition coefficient (Wildman–Crippen LogP) is 1.70. The summed E-state index contributed by atoms with van der Waals surface area (Å²) in [7, 11) is 1.70. The fraction of sp³-hybridized carbons (Fsp3) is 0.867. The molecule has 21 heavy (non-hydrogen) atoms. The average Bonchev–Trinajstić information content (AvgIpc) is 2.41. The molecule has 6 nitrogen and oxygen atoms in total. The minimum atomic E-state index is -0.760. The normalized spacial score (nSPS) is 30.4. The lowest BCUT2D eigenvalue weighted by Gasteiger charge is -2.39. The number of aliphatic carboxylic acids is 1. The largest absolute Gasteiger partial charge is 0.481 e. The van der Waals surface area contributed by atoms with Gasteiger partial charge in [-0.05, 0) is 37.5 Å². The standard InChI is InChI=1S/C15H26N2O4/c1-10(6-14(18)19)11-4-3-5-17(9-11)15(20)16-12-7-13(8-12)21-2/h10-13H,3-9H2,1-2H3,(H,16,20)(H,18,19). The Morgan fingerprint density at radius 3 is 2.76 bits per heavy atom. The molecule has 1 aliphatic carbocycles. The maximum atomic E-state index is 12.2. The third kappa shape index (κ3) is 4.33. The van der Waals surface area contributed by atoms with Crippen molar-refractivity contribution in [2.45, 2.75) is 51.2 Å². The smallest absolute Gasteiger partial charge is 0.317 e. The minimum absolute atomic E-state index is 0.0122. The number of hydrogen-bond donors (Lipinski definition) is 2. The van der Waals surface area contributed by atoms with Crippen LogP contribution in [0.4, 0.5) is 4.79 Å². The van der Waals surface area contributed by atoms with Gasteiger partial charge in [0.25, 0.3) is 0 Å². The number of amides is 2. The highest BCUT2D eigenvalue weighted by Gasteiger charge is 2.33. The van der Waals surface area contributed by atoms with Crippen LogP contribution in [0.3, 0.4) is 0 Å². The van der Waals surface area contributed by atoms with Gasteiger partial charge in [-0.25, -0.2) is 4.79 Å². The molecule has 2 amide bonds. The molecule has 1 heterocycles. The third-order valence-corrected chi connectivity index (χ3v) is 4.80. The van der Waals surface area contributed by atoms with Crippen molar-refractivity contribution in [1.29, 1.82) is 0 Å². The van der Waals surface area contributed by atoms with Crippen molar-refractivity contribution < 1.29 is 19.4 Å². The predicted molar refractivity (Wildman–Crippen MR) is 78.1 cm³/mol. The number of rotatable bonds is 5. The van der Waals surface area contributed by atoms with Gasteiger partial charge in [0.05, 0.1) is 6.10 Å². The first-order valence-electron chi connectivity index (χ1n) is 7.79. The second kappa shape index (κ2) is 7.11. The van der Waals surface area contributed by atoms with Gasteiger partial charge in [0.2, 0.25) is 0 Å². The average molecular weight is 298 g/mol. The van der Waals surface area contributed by atoms with E-state index < -0.39 is 5.97 Å². The summed E-state index contributed by atoms with van der Waals surface area (Å²) < 4.78 is 5.21. The van der Waals surface area contributed by atoms with Crippen LogP contribution in [0.1, 0.15) is 39.0 Å². The fourth-order valence-electron chi connectivity index (χ4n) is 3.24. The molecule has 1 saturated carbocycles. The molecule has 0 spiro atoms. The number of carbonyl (C=O) groups is 2. The minimum Gasteiger partial charge on any atom is -0.481 e. The Balaban J connectivity index is 1.77. The molecule has 2 aliphatic rings. The highest BCUT2D eigenvalue weighted by Crippen LogP contribution is 2.27. The molecule has 2 N–H and O–H groups in total. The number of carbonyl (C=O) groups excluding carboxylic acids is 1. The Kier molecular flexibility index (Phi) is 5.45. The molecular formula is C15H26N2O4. The van der Waals surface area contributed by atoms with E-state index in [4.69, 9.17) is 9.84 Å². The van der Waals surface area contributed by atoms with Crippen molar-refractivity contribution in [3.8, 4) is 0 Å². The quantitative estimate of drug-likeness (QED) is 0.809. The summed E-state index contributed by atoms with van der Waals surface area (Å²) in [5.74, 6) is -0.363. The van der Waals surface area contributed by atoms with E-state index in [1.165, 1.54) is 0 Å². The molecule has 0 aromatic heterocycles. The van der Waals surface area contributed by atoms with Gasteiger partial charge in [-0.2, -0.15) is 0 Å². The first kappa shape index (κ1) is 16.1. The Morgan fingerprint density at radius 2 is 2.14 bits per heavy atom. The summed E-state index contributed by atoms with van der Waals surface area (Å²) in [5, 5.41) is 11.9. The molecule has 2 unspecified atom stereocenters. The summed E-state index contributed by atoms with van der Waals surface area (Å²) >= 11 is 0. The molecule has 0 aromatic rings. The third-order valence-electron chi connectivity index (χ3n) is 4.80. The van der Waals surface area contributed by atoms with Crippen molar-refractivity contribution in [3.63, 3.8) is 0 Å². The molecule has 1 aliphatic heterocycles. The van der Waals surface area contributed by atoms with Crippen LogP contribution in [-0.2, 0) is 9.53 Å². The van der Waals surface area contributed by atoms with E-state index in [-0.39, 0.29) is 36.4 Å². The topological polar surface area (TPSA) is 78.9 Å². The first-order chi connectivity index (χ1) is 9.99. The lowest BCUT2D eigenvalue weighted by Crippen LogP contribution is -2.54.